The predicted molar refractivity (Wildman–Crippen MR) is 102 cm³/mol. The summed E-state index contributed by atoms with van der Waals surface area (Å²) in [4.78, 5) is 35.2. The zero-order valence-corrected chi connectivity index (χ0v) is 15.3. The van der Waals surface area contributed by atoms with E-state index in [9.17, 15) is 14.4 Å². The molecule has 0 aliphatic heterocycles. The molecule has 0 aromatic heterocycles. The number of esters is 1. The Kier molecular flexibility index (Phi) is 7.37. The Balaban J connectivity index is 1.81. The van der Waals surface area contributed by atoms with Gasteiger partial charge >= 0.3 is 12.1 Å². The van der Waals surface area contributed by atoms with Gasteiger partial charge < -0.3 is 14.8 Å². The highest BCUT2D eigenvalue weighted by atomic mass is 16.5. The molecular weight excluding hydrogens is 348 g/mol. The Labute approximate surface area is 157 Å². The molecule has 142 valence electrons. The van der Waals surface area contributed by atoms with E-state index in [1.807, 2.05) is 19.1 Å². The Hall–Kier alpha value is -3.35. The average molecular weight is 370 g/mol. The minimum absolute atomic E-state index is 0.265. The van der Waals surface area contributed by atoms with Crippen molar-refractivity contribution >= 4 is 29.3 Å². The first-order valence-electron chi connectivity index (χ1n) is 8.61. The van der Waals surface area contributed by atoms with Gasteiger partial charge in [-0.15, -0.1) is 0 Å². The smallest absolute Gasteiger partial charge is 0.411 e. The summed E-state index contributed by atoms with van der Waals surface area (Å²) >= 11 is 0. The lowest BCUT2D eigenvalue weighted by Crippen LogP contribution is -2.21. The van der Waals surface area contributed by atoms with E-state index in [1.165, 1.54) is 17.7 Å². The zero-order valence-electron chi connectivity index (χ0n) is 15.3. The van der Waals surface area contributed by atoms with E-state index in [2.05, 4.69) is 10.6 Å². The van der Waals surface area contributed by atoms with Gasteiger partial charge in [-0.3, -0.25) is 10.1 Å². The Morgan fingerprint density at radius 3 is 2.00 bits per heavy atom. The first kappa shape index (κ1) is 20.0. The Morgan fingerprint density at radius 2 is 1.41 bits per heavy atom. The van der Waals surface area contributed by atoms with Gasteiger partial charge in [0.05, 0.1) is 12.2 Å². The number of hydrogen-bond acceptors (Lipinski definition) is 5. The number of carbonyl (C=O) groups is 3. The molecule has 0 heterocycles. The summed E-state index contributed by atoms with van der Waals surface area (Å²) in [5, 5.41) is 5.18. The summed E-state index contributed by atoms with van der Waals surface area (Å²) in [5.74, 6) is -1.05. The fraction of sp³-hybridized carbons (Fsp3) is 0.250. The maximum absolute atomic E-state index is 12.0. The summed E-state index contributed by atoms with van der Waals surface area (Å²) in [6.45, 7) is 3.62. The maximum atomic E-state index is 12.0. The number of amides is 2. The first-order chi connectivity index (χ1) is 13.0. The molecule has 0 atom stereocenters. The van der Waals surface area contributed by atoms with Crippen LogP contribution in [0.4, 0.5) is 16.2 Å². The predicted octanol–water partition coefficient (Wildman–Crippen LogP) is 3.61. The van der Waals surface area contributed by atoms with Gasteiger partial charge in [0, 0.05) is 11.4 Å². The summed E-state index contributed by atoms with van der Waals surface area (Å²) in [6, 6.07) is 13.5. The number of rotatable bonds is 7. The number of nitrogens with one attached hydrogen (secondary N) is 2. The molecule has 0 aliphatic carbocycles. The normalized spacial score (nSPS) is 10.0. The van der Waals surface area contributed by atoms with Crippen molar-refractivity contribution in [2.45, 2.75) is 20.3 Å². The minimum atomic E-state index is -0.630. The third kappa shape index (κ3) is 6.47. The molecule has 0 radical (unpaired) electrons. The van der Waals surface area contributed by atoms with Gasteiger partial charge in [-0.2, -0.15) is 0 Å². The molecular formula is C20H22N2O5. The molecule has 2 rings (SSSR count). The van der Waals surface area contributed by atoms with Crippen molar-refractivity contribution in [1.29, 1.82) is 0 Å². The summed E-state index contributed by atoms with van der Waals surface area (Å²) < 4.78 is 9.77. The third-order valence-electron chi connectivity index (χ3n) is 3.62. The van der Waals surface area contributed by atoms with E-state index in [4.69, 9.17) is 9.47 Å². The van der Waals surface area contributed by atoms with Gasteiger partial charge in [0.2, 0.25) is 0 Å². The zero-order chi connectivity index (χ0) is 19.6. The van der Waals surface area contributed by atoms with Crippen LogP contribution in [0.3, 0.4) is 0 Å². The largest absolute Gasteiger partial charge is 0.452 e. The summed E-state index contributed by atoms with van der Waals surface area (Å²) in [6.07, 6.45) is 0.344. The van der Waals surface area contributed by atoms with Crippen LogP contribution in [0.15, 0.2) is 48.5 Å². The van der Waals surface area contributed by atoms with Crippen molar-refractivity contribution in [3.8, 4) is 0 Å². The number of ether oxygens (including phenoxy) is 2. The highest BCUT2D eigenvalue weighted by Crippen LogP contribution is 2.12. The van der Waals surface area contributed by atoms with Crippen molar-refractivity contribution in [3.05, 3.63) is 59.7 Å². The molecule has 0 aliphatic rings. The van der Waals surface area contributed by atoms with Crippen LogP contribution in [0.2, 0.25) is 0 Å². The van der Waals surface area contributed by atoms with E-state index >= 15 is 0 Å². The van der Waals surface area contributed by atoms with E-state index in [0.717, 1.165) is 6.42 Å². The number of hydrogen-bond donors (Lipinski definition) is 2. The van der Waals surface area contributed by atoms with Gasteiger partial charge in [0.15, 0.2) is 6.61 Å². The minimum Gasteiger partial charge on any atom is -0.452 e. The van der Waals surface area contributed by atoms with Crippen LogP contribution in [-0.2, 0) is 20.7 Å². The van der Waals surface area contributed by atoms with Crippen molar-refractivity contribution in [2.75, 3.05) is 23.8 Å². The van der Waals surface area contributed by atoms with Gasteiger partial charge in [0.1, 0.15) is 0 Å². The molecule has 0 spiro atoms. The molecule has 7 nitrogen and oxygen atoms in total. The van der Waals surface area contributed by atoms with Crippen LogP contribution in [0.25, 0.3) is 0 Å². The summed E-state index contributed by atoms with van der Waals surface area (Å²) in [7, 11) is 0. The van der Waals surface area contributed by atoms with Crippen LogP contribution in [0, 0.1) is 0 Å². The van der Waals surface area contributed by atoms with E-state index in [-0.39, 0.29) is 12.2 Å². The maximum Gasteiger partial charge on any atom is 0.411 e. The third-order valence-corrected chi connectivity index (χ3v) is 3.62. The van der Waals surface area contributed by atoms with Crippen LogP contribution < -0.4 is 10.6 Å². The lowest BCUT2D eigenvalue weighted by atomic mass is 10.1. The molecule has 2 aromatic carbocycles. The van der Waals surface area contributed by atoms with Crippen LogP contribution >= 0.6 is 0 Å². The van der Waals surface area contributed by atoms with Gasteiger partial charge in [-0.05, 0) is 55.3 Å². The van der Waals surface area contributed by atoms with Crippen molar-refractivity contribution in [1.82, 2.24) is 0 Å². The van der Waals surface area contributed by atoms with E-state index in [0.29, 0.717) is 11.4 Å². The first-order valence-corrected chi connectivity index (χ1v) is 8.61. The average Bonchev–Trinajstić information content (AvgIpc) is 2.67. The molecule has 0 saturated heterocycles. The second-order valence-corrected chi connectivity index (χ2v) is 5.60. The topological polar surface area (TPSA) is 93.7 Å². The van der Waals surface area contributed by atoms with Crippen molar-refractivity contribution in [2.24, 2.45) is 0 Å². The summed E-state index contributed by atoms with van der Waals surface area (Å²) in [5.41, 5.74) is 2.56. The van der Waals surface area contributed by atoms with E-state index in [1.54, 1.807) is 31.2 Å². The van der Waals surface area contributed by atoms with Crippen LogP contribution in [-0.4, -0.2) is 31.2 Å². The molecule has 2 aromatic rings. The quantitative estimate of drug-likeness (QED) is 0.726. The highest BCUT2D eigenvalue weighted by molar-refractivity contribution is 5.95. The molecule has 0 unspecified atom stereocenters. The van der Waals surface area contributed by atoms with E-state index < -0.39 is 24.6 Å². The number of anilines is 2. The molecule has 2 N–H and O–H groups in total. The Bertz CT molecular complexity index is 785. The monoisotopic (exact) mass is 370 g/mol. The lowest BCUT2D eigenvalue weighted by Gasteiger charge is -2.08. The second-order valence-electron chi connectivity index (χ2n) is 5.60. The number of aryl methyl sites for hydroxylation is 1. The molecule has 0 fully saturated rings. The SMILES string of the molecule is CCOC(=O)Nc1ccc(C(=O)OCC(=O)Nc2ccc(CC)cc2)cc1. The molecule has 0 bridgehead atoms. The van der Waals surface area contributed by atoms with Gasteiger partial charge in [-0.25, -0.2) is 9.59 Å². The fourth-order valence-electron chi connectivity index (χ4n) is 2.21. The van der Waals surface area contributed by atoms with Gasteiger partial charge in [0.25, 0.3) is 5.91 Å². The molecule has 7 heteroatoms. The molecule has 2 amide bonds. The molecule has 27 heavy (non-hydrogen) atoms. The second kappa shape index (κ2) is 9.96. The number of benzene rings is 2. The highest BCUT2D eigenvalue weighted by Gasteiger charge is 2.11. The van der Waals surface area contributed by atoms with Gasteiger partial charge in [-0.1, -0.05) is 19.1 Å². The fourth-order valence-corrected chi connectivity index (χ4v) is 2.21. The van der Waals surface area contributed by atoms with Crippen molar-refractivity contribution < 1.29 is 23.9 Å². The van der Waals surface area contributed by atoms with Crippen LogP contribution in [0.1, 0.15) is 29.8 Å². The van der Waals surface area contributed by atoms with Crippen LogP contribution in [0.5, 0.6) is 0 Å². The lowest BCUT2D eigenvalue weighted by molar-refractivity contribution is -0.119. The molecule has 0 saturated carbocycles. The standard InChI is InChI=1S/C20H22N2O5/c1-3-14-5-9-16(10-6-14)21-18(23)13-27-19(24)15-7-11-17(12-8-15)22-20(25)26-4-2/h5-12H,3-4,13H2,1-2H3,(H,21,23)(H,22,25). The number of carbonyl (C=O) groups excluding carboxylic acids is 3. The van der Waals surface area contributed by atoms with Crippen molar-refractivity contribution in [3.63, 3.8) is 0 Å². The Morgan fingerprint density at radius 1 is 0.815 bits per heavy atom.